The third kappa shape index (κ3) is 4.47. The maximum Gasteiger partial charge on any atom is 0.416 e. The number of nitrogens with one attached hydrogen (secondary N) is 1. The first-order valence-electron chi connectivity index (χ1n) is 6.93. The van der Waals surface area contributed by atoms with Crippen molar-refractivity contribution in [1.29, 1.82) is 0 Å². The molecule has 1 saturated heterocycles. The minimum Gasteiger partial charge on any atom is -0.326 e. The Morgan fingerprint density at radius 1 is 1.17 bits per heavy atom. The van der Waals surface area contributed by atoms with E-state index in [1.807, 2.05) is 0 Å². The van der Waals surface area contributed by atoms with Crippen LogP contribution < -0.4 is 5.32 Å². The van der Waals surface area contributed by atoms with Gasteiger partial charge in [-0.25, -0.2) is 13.2 Å². The number of sulfone groups is 1. The average Bonchev–Trinajstić information content (AvgIpc) is 2.72. The van der Waals surface area contributed by atoms with Crippen molar-refractivity contribution in [2.75, 3.05) is 12.0 Å². The van der Waals surface area contributed by atoms with Gasteiger partial charge in [0.1, 0.15) is 15.9 Å². The van der Waals surface area contributed by atoms with Crippen molar-refractivity contribution >= 4 is 21.8 Å². The highest BCUT2D eigenvalue weighted by molar-refractivity contribution is 7.90. The summed E-state index contributed by atoms with van der Waals surface area (Å²) in [7, 11) is -3.28. The predicted octanol–water partition coefficient (Wildman–Crippen LogP) is 1.56. The third-order valence-electron chi connectivity index (χ3n) is 3.51. The van der Waals surface area contributed by atoms with Gasteiger partial charge in [0.25, 0.3) is 5.91 Å². The number of carbonyl (C=O) groups is 2. The van der Waals surface area contributed by atoms with Gasteiger partial charge in [-0.2, -0.15) is 13.2 Å². The molecular formula is C14H15F3N2O4S. The number of imide groups is 1. The Kier molecular flexibility index (Phi) is 4.88. The van der Waals surface area contributed by atoms with E-state index in [1.54, 1.807) is 0 Å². The molecule has 1 heterocycles. The van der Waals surface area contributed by atoms with Gasteiger partial charge < -0.3 is 5.32 Å². The van der Waals surface area contributed by atoms with Crippen LogP contribution in [0.25, 0.3) is 0 Å². The lowest BCUT2D eigenvalue weighted by Crippen LogP contribution is -2.32. The van der Waals surface area contributed by atoms with Gasteiger partial charge in [0, 0.05) is 6.26 Å². The summed E-state index contributed by atoms with van der Waals surface area (Å²) < 4.78 is 59.8. The number of carbonyl (C=O) groups excluding carboxylic acids is 2. The molecule has 1 aromatic carbocycles. The molecule has 1 aliphatic heterocycles. The minimum absolute atomic E-state index is 0.0487. The van der Waals surface area contributed by atoms with Gasteiger partial charge in [-0.15, -0.1) is 0 Å². The Hall–Kier alpha value is -2.10. The second-order valence-corrected chi connectivity index (χ2v) is 7.80. The van der Waals surface area contributed by atoms with Crippen molar-refractivity contribution in [1.82, 2.24) is 10.2 Å². The quantitative estimate of drug-likeness (QED) is 0.804. The van der Waals surface area contributed by atoms with Crippen LogP contribution in [-0.4, -0.2) is 43.3 Å². The lowest BCUT2D eigenvalue weighted by molar-refractivity contribution is -0.137. The number of hydrogen-bond acceptors (Lipinski definition) is 4. The number of hydrogen-bond donors (Lipinski definition) is 1. The number of rotatable bonds is 5. The minimum atomic E-state index is -4.46. The van der Waals surface area contributed by atoms with E-state index in [4.69, 9.17) is 0 Å². The smallest absolute Gasteiger partial charge is 0.326 e. The molecule has 132 valence electrons. The van der Waals surface area contributed by atoms with Crippen LogP contribution in [0.3, 0.4) is 0 Å². The molecule has 1 aromatic rings. The van der Waals surface area contributed by atoms with Crippen LogP contribution in [0, 0.1) is 0 Å². The van der Waals surface area contributed by atoms with Crippen LogP contribution in [0.4, 0.5) is 18.0 Å². The van der Waals surface area contributed by atoms with Gasteiger partial charge in [-0.3, -0.25) is 9.69 Å². The Morgan fingerprint density at radius 2 is 1.75 bits per heavy atom. The molecule has 10 heteroatoms. The first-order valence-corrected chi connectivity index (χ1v) is 8.99. The Morgan fingerprint density at radius 3 is 2.25 bits per heavy atom. The maximum absolute atomic E-state index is 12.5. The average molecular weight is 364 g/mol. The number of nitrogens with zero attached hydrogens (tertiary/aromatic N) is 1. The van der Waals surface area contributed by atoms with Crippen molar-refractivity contribution in [3.63, 3.8) is 0 Å². The van der Waals surface area contributed by atoms with Crippen LogP contribution in [0.15, 0.2) is 24.3 Å². The fourth-order valence-electron chi connectivity index (χ4n) is 2.24. The molecule has 6 nitrogen and oxygen atoms in total. The number of amides is 3. The largest absolute Gasteiger partial charge is 0.416 e. The molecule has 0 radical (unpaired) electrons. The normalized spacial score (nSPS) is 18.8. The van der Waals surface area contributed by atoms with E-state index in [0.717, 1.165) is 23.3 Å². The molecule has 1 N–H and O–H groups in total. The van der Waals surface area contributed by atoms with E-state index in [-0.39, 0.29) is 18.7 Å². The summed E-state index contributed by atoms with van der Waals surface area (Å²) in [6.45, 7) is -0.182. The highest BCUT2D eigenvalue weighted by atomic mass is 32.2. The summed E-state index contributed by atoms with van der Waals surface area (Å²) >= 11 is 0. The van der Waals surface area contributed by atoms with Crippen molar-refractivity contribution in [2.24, 2.45) is 0 Å². The van der Waals surface area contributed by atoms with E-state index in [2.05, 4.69) is 5.32 Å². The molecule has 3 amide bonds. The zero-order valence-corrected chi connectivity index (χ0v) is 13.4. The zero-order chi connectivity index (χ0) is 18.1. The highest BCUT2D eigenvalue weighted by Crippen LogP contribution is 2.29. The van der Waals surface area contributed by atoms with Crippen molar-refractivity contribution in [3.05, 3.63) is 35.4 Å². The maximum atomic E-state index is 12.5. The van der Waals surface area contributed by atoms with Gasteiger partial charge in [0.05, 0.1) is 17.9 Å². The monoisotopic (exact) mass is 364 g/mol. The van der Waals surface area contributed by atoms with Gasteiger partial charge in [-0.1, -0.05) is 12.1 Å². The molecule has 2 rings (SSSR count). The van der Waals surface area contributed by atoms with Crippen molar-refractivity contribution in [3.8, 4) is 0 Å². The van der Waals surface area contributed by atoms with Crippen molar-refractivity contribution in [2.45, 2.75) is 25.2 Å². The molecular weight excluding hydrogens is 349 g/mol. The molecule has 0 saturated carbocycles. The van der Waals surface area contributed by atoms with E-state index in [1.165, 1.54) is 12.1 Å². The molecule has 0 spiro atoms. The number of alkyl halides is 3. The Balaban J connectivity index is 2.04. The topological polar surface area (TPSA) is 83.6 Å². The zero-order valence-electron chi connectivity index (χ0n) is 12.6. The molecule has 1 fully saturated rings. The van der Waals surface area contributed by atoms with Gasteiger partial charge in [-0.05, 0) is 24.1 Å². The molecule has 0 aromatic heterocycles. The predicted molar refractivity (Wildman–Crippen MR) is 78.6 cm³/mol. The van der Waals surface area contributed by atoms with Crippen LogP contribution in [0.2, 0.25) is 0 Å². The summed E-state index contributed by atoms with van der Waals surface area (Å²) in [6, 6.07) is 2.48. The summed E-state index contributed by atoms with van der Waals surface area (Å²) in [5.74, 6) is -0.846. The second-order valence-electron chi connectivity index (χ2n) is 5.54. The van der Waals surface area contributed by atoms with Crippen molar-refractivity contribution < 1.29 is 31.2 Å². The molecule has 1 aliphatic rings. The molecule has 1 unspecified atom stereocenters. The Labute approximate surface area is 136 Å². The first kappa shape index (κ1) is 18.2. The van der Waals surface area contributed by atoms with Crippen LogP contribution in [0.1, 0.15) is 17.5 Å². The Bertz CT molecular complexity index is 744. The molecule has 0 aliphatic carbocycles. The summed E-state index contributed by atoms with van der Waals surface area (Å²) in [5, 5.41) is 2.38. The third-order valence-corrected chi connectivity index (χ3v) is 4.48. The highest BCUT2D eigenvalue weighted by Gasteiger charge is 2.38. The summed E-state index contributed by atoms with van der Waals surface area (Å²) in [5.41, 5.74) is -0.468. The number of benzene rings is 1. The molecule has 24 heavy (non-hydrogen) atoms. The van der Waals surface area contributed by atoms with Gasteiger partial charge >= 0.3 is 12.2 Å². The summed E-state index contributed by atoms with van der Waals surface area (Å²) in [6.07, 6.45) is -3.49. The first-order chi connectivity index (χ1) is 11.0. The number of halogens is 3. The number of urea groups is 1. The standard InChI is InChI=1S/C14H15F3N2O4S/c1-24(22,23)7-6-11-12(20)19(13(21)18-11)8-9-2-4-10(5-3-9)14(15,16)17/h2-5,11H,6-8H2,1H3,(H,18,21). The van der Waals surface area contributed by atoms with E-state index in [9.17, 15) is 31.2 Å². The van der Waals surface area contributed by atoms with Gasteiger partial charge in [0.15, 0.2) is 0 Å². The molecule has 1 atom stereocenters. The fourth-order valence-corrected chi connectivity index (χ4v) is 2.90. The lowest BCUT2D eigenvalue weighted by atomic mass is 10.1. The fraction of sp³-hybridized carbons (Fsp3) is 0.429. The summed E-state index contributed by atoms with van der Waals surface area (Å²) in [4.78, 5) is 24.8. The lowest BCUT2D eigenvalue weighted by Gasteiger charge is -2.14. The van der Waals surface area contributed by atoms with E-state index >= 15 is 0 Å². The van der Waals surface area contributed by atoms with Crippen LogP contribution in [-0.2, 0) is 27.4 Å². The van der Waals surface area contributed by atoms with E-state index < -0.39 is 39.6 Å². The second kappa shape index (κ2) is 6.42. The van der Waals surface area contributed by atoms with Gasteiger partial charge in [0.2, 0.25) is 0 Å². The van der Waals surface area contributed by atoms with Crippen LogP contribution in [0.5, 0.6) is 0 Å². The van der Waals surface area contributed by atoms with E-state index in [0.29, 0.717) is 5.56 Å². The van der Waals surface area contributed by atoms with Crippen LogP contribution >= 0.6 is 0 Å². The SMILES string of the molecule is CS(=O)(=O)CCC1NC(=O)N(Cc2ccc(C(F)(F)F)cc2)C1=O. The molecule has 0 bridgehead atoms.